The van der Waals surface area contributed by atoms with Crippen molar-refractivity contribution in [1.29, 1.82) is 0 Å². The van der Waals surface area contributed by atoms with Gasteiger partial charge < -0.3 is 0 Å². The molecular formula is C14H10ClF2NO2. The molecule has 3 nitrogen and oxygen atoms in total. The van der Waals surface area contributed by atoms with Crippen molar-refractivity contribution >= 4 is 17.3 Å². The molecular weight excluding hydrogens is 288 g/mol. The SMILES string of the molecule is O=[N+]([O-])c1ccc(CC(Cl)c2c(F)cccc2F)cc1. The number of halogens is 3. The Morgan fingerprint density at radius 3 is 2.15 bits per heavy atom. The number of non-ortho nitro benzene ring substituents is 1. The fourth-order valence-electron chi connectivity index (χ4n) is 1.87. The molecule has 0 heterocycles. The van der Waals surface area contributed by atoms with Gasteiger partial charge in [-0.2, -0.15) is 0 Å². The molecule has 104 valence electrons. The molecule has 2 aromatic carbocycles. The van der Waals surface area contributed by atoms with Gasteiger partial charge in [0.15, 0.2) is 0 Å². The number of benzene rings is 2. The first-order valence-electron chi connectivity index (χ1n) is 5.80. The van der Waals surface area contributed by atoms with E-state index in [1.807, 2.05) is 0 Å². The van der Waals surface area contributed by atoms with Gasteiger partial charge in [-0.3, -0.25) is 10.1 Å². The van der Waals surface area contributed by atoms with Crippen molar-refractivity contribution in [3.8, 4) is 0 Å². The van der Waals surface area contributed by atoms with Crippen LogP contribution in [0.15, 0.2) is 42.5 Å². The van der Waals surface area contributed by atoms with Crippen LogP contribution in [0.2, 0.25) is 0 Å². The van der Waals surface area contributed by atoms with Gasteiger partial charge in [0.25, 0.3) is 5.69 Å². The summed E-state index contributed by atoms with van der Waals surface area (Å²) in [5.74, 6) is -1.40. The minimum Gasteiger partial charge on any atom is -0.258 e. The van der Waals surface area contributed by atoms with Gasteiger partial charge in [0.1, 0.15) is 11.6 Å². The molecule has 0 amide bonds. The van der Waals surface area contributed by atoms with E-state index in [2.05, 4.69) is 0 Å². The average molecular weight is 298 g/mol. The lowest BCUT2D eigenvalue weighted by molar-refractivity contribution is -0.384. The molecule has 2 rings (SSSR count). The second-order valence-electron chi connectivity index (χ2n) is 4.23. The summed E-state index contributed by atoms with van der Waals surface area (Å²) in [5, 5.41) is 9.65. The van der Waals surface area contributed by atoms with Crippen LogP contribution in [0.25, 0.3) is 0 Å². The first-order valence-corrected chi connectivity index (χ1v) is 6.24. The third kappa shape index (κ3) is 3.11. The molecule has 0 fully saturated rings. The van der Waals surface area contributed by atoms with E-state index in [9.17, 15) is 18.9 Å². The Morgan fingerprint density at radius 1 is 1.10 bits per heavy atom. The second kappa shape index (κ2) is 5.96. The summed E-state index contributed by atoms with van der Waals surface area (Å²) in [6, 6.07) is 9.25. The Morgan fingerprint density at radius 2 is 1.65 bits per heavy atom. The first kappa shape index (κ1) is 14.4. The molecule has 0 bridgehead atoms. The van der Waals surface area contributed by atoms with E-state index >= 15 is 0 Å². The van der Waals surface area contributed by atoms with Crippen molar-refractivity contribution in [2.24, 2.45) is 0 Å². The van der Waals surface area contributed by atoms with Gasteiger partial charge in [-0.15, -0.1) is 11.6 Å². The predicted molar refractivity (Wildman–Crippen MR) is 71.8 cm³/mol. The van der Waals surface area contributed by atoms with Crippen molar-refractivity contribution < 1.29 is 13.7 Å². The van der Waals surface area contributed by atoms with Crippen molar-refractivity contribution in [2.45, 2.75) is 11.8 Å². The molecule has 20 heavy (non-hydrogen) atoms. The van der Waals surface area contributed by atoms with Gasteiger partial charge in [-0.25, -0.2) is 8.78 Å². The molecule has 6 heteroatoms. The van der Waals surface area contributed by atoms with Crippen LogP contribution in [-0.4, -0.2) is 4.92 Å². The molecule has 0 saturated heterocycles. The van der Waals surface area contributed by atoms with Crippen molar-refractivity contribution in [3.05, 3.63) is 75.3 Å². The lowest BCUT2D eigenvalue weighted by Crippen LogP contribution is -2.02. The Balaban J connectivity index is 2.19. The maximum Gasteiger partial charge on any atom is 0.269 e. The molecule has 2 aromatic rings. The van der Waals surface area contributed by atoms with Crippen LogP contribution in [0.5, 0.6) is 0 Å². The van der Waals surface area contributed by atoms with Crippen molar-refractivity contribution in [2.75, 3.05) is 0 Å². The lowest BCUT2D eigenvalue weighted by atomic mass is 10.0. The number of alkyl halides is 1. The average Bonchev–Trinajstić information content (AvgIpc) is 2.39. The summed E-state index contributed by atoms with van der Waals surface area (Å²) < 4.78 is 27.1. The van der Waals surface area contributed by atoms with Gasteiger partial charge in [0.2, 0.25) is 0 Å². The summed E-state index contributed by atoms with van der Waals surface area (Å²) in [7, 11) is 0. The molecule has 1 unspecified atom stereocenters. The van der Waals surface area contributed by atoms with Gasteiger partial charge in [-0.05, 0) is 24.1 Å². The Bertz CT molecular complexity index is 611. The normalized spacial score (nSPS) is 12.2. The summed E-state index contributed by atoms with van der Waals surface area (Å²) in [5.41, 5.74) is 0.433. The van der Waals surface area contributed by atoms with Gasteiger partial charge in [0, 0.05) is 17.7 Å². The standard InChI is InChI=1S/C14H10ClF2NO2/c15-11(14-12(16)2-1-3-13(14)17)8-9-4-6-10(7-5-9)18(19)20/h1-7,11H,8H2. The summed E-state index contributed by atoms with van der Waals surface area (Å²) in [6.07, 6.45) is 0.178. The maximum absolute atomic E-state index is 13.6. The highest BCUT2D eigenvalue weighted by Crippen LogP contribution is 2.29. The lowest BCUT2D eigenvalue weighted by Gasteiger charge is -2.11. The molecule has 0 aliphatic heterocycles. The third-order valence-corrected chi connectivity index (χ3v) is 3.25. The molecule has 0 saturated carbocycles. The second-order valence-corrected chi connectivity index (χ2v) is 4.76. The fraction of sp³-hybridized carbons (Fsp3) is 0.143. The topological polar surface area (TPSA) is 43.1 Å². The number of rotatable bonds is 4. The quantitative estimate of drug-likeness (QED) is 0.477. The van der Waals surface area contributed by atoms with E-state index in [-0.39, 0.29) is 17.7 Å². The number of hydrogen-bond donors (Lipinski definition) is 0. The molecule has 1 atom stereocenters. The highest BCUT2D eigenvalue weighted by Gasteiger charge is 2.18. The van der Waals surface area contributed by atoms with Crippen molar-refractivity contribution in [3.63, 3.8) is 0 Å². The summed E-state index contributed by atoms with van der Waals surface area (Å²) in [4.78, 5) is 10.0. The minimum atomic E-state index is -0.877. The first-order chi connectivity index (χ1) is 9.49. The molecule has 0 N–H and O–H groups in total. The third-order valence-electron chi connectivity index (χ3n) is 2.88. The van der Waals surface area contributed by atoms with Gasteiger partial charge >= 0.3 is 0 Å². The van der Waals surface area contributed by atoms with Crippen LogP contribution >= 0.6 is 11.6 Å². The zero-order valence-corrected chi connectivity index (χ0v) is 11.0. The molecule has 0 spiro atoms. The largest absolute Gasteiger partial charge is 0.269 e. The zero-order chi connectivity index (χ0) is 14.7. The number of nitrogens with zero attached hydrogens (tertiary/aromatic N) is 1. The van der Waals surface area contributed by atoms with E-state index in [4.69, 9.17) is 11.6 Å². The smallest absolute Gasteiger partial charge is 0.258 e. The number of nitro benzene ring substituents is 1. The van der Waals surface area contributed by atoms with Crippen LogP contribution in [-0.2, 0) is 6.42 Å². The molecule has 0 aromatic heterocycles. The van der Waals surface area contributed by atoms with Gasteiger partial charge in [-0.1, -0.05) is 18.2 Å². The van der Waals surface area contributed by atoms with E-state index in [1.165, 1.54) is 30.3 Å². The summed E-state index contributed by atoms with van der Waals surface area (Å²) >= 11 is 6.04. The van der Waals surface area contributed by atoms with E-state index in [0.29, 0.717) is 5.56 Å². The Hall–Kier alpha value is -2.01. The number of hydrogen-bond acceptors (Lipinski definition) is 2. The molecule has 0 aliphatic rings. The maximum atomic E-state index is 13.6. The zero-order valence-electron chi connectivity index (χ0n) is 10.2. The van der Waals surface area contributed by atoms with E-state index < -0.39 is 21.9 Å². The van der Waals surface area contributed by atoms with Crippen LogP contribution in [0.1, 0.15) is 16.5 Å². The molecule has 0 radical (unpaired) electrons. The number of nitro groups is 1. The van der Waals surface area contributed by atoms with E-state index in [0.717, 1.165) is 12.1 Å². The van der Waals surface area contributed by atoms with Crippen LogP contribution in [0.3, 0.4) is 0 Å². The highest BCUT2D eigenvalue weighted by atomic mass is 35.5. The van der Waals surface area contributed by atoms with Crippen LogP contribution < -0.4 is 0 Å². The van der Waals surface area contributed by atoms with Crippen LogP contribution in [0, 0.1) is 21.7 Å². The Kier molecular flexibility index (Phi) is 4.29. The van der Waals surface area contributed by atoms with Crippen LogP contribution in [0.4, 0.5) is 14.5 Å². The monoisotopic (exact) mass is 297 g/mol. The summed E-state index contributed by atoms with van der Waals surface area (Å²) in [6.45, 7) is 0. The molecule has 0 aliphatic carbocycles. The van der Waals surface area contributed by atoms with Crippen molar-refractivity contribution in [1.82, 2.24) is 0 Å². The van der Waals surface area contributed by atoms with Gasteiger partial charge in [0.05, 0.1) is 10.3 Å². The highest BCUT2D eigenvalue weighted by molar-refractivity contribution is 6.21. The minimum absolute atomic E-state index is 0.0445. The van der Waals surface area contributed by atoms with E-state index in [1.54, 1.807) is 0 Å². The fourth-order valence-corrected chi connectivity index (χ4v) is 2.26. The predicted octanol–water partition coefficient (Wildman–Crippen LogP) is 4.40. The Labute approximate surface area is 119 Å².